The summed E-state index contributed by atoms with van der Waals surface area (Å²) in [6, 6.07) is 12.3. The number of pyridine rings is 1. The fraction of sp³-hybridized carbons (Fsp3) is 0.286. The van der Waals surface area contributed by atoms with Crippen LogP contribution in [0.25, 0.3) is 0 Å². The molecule has 26 heavy (non-hydrogen) atoms. The first-order valence-corrected chi connectivity index (χ1v) is 8.74. The molecule has 134 valence electrons. The zero-order valence-electron chi connectivity index (χ0n) is 15.3. The summed E-state index contributed by atoms with van der Waals surface area (Å²) in [4.78, 5) is 15.5. The maximum Gasteiger partial charge on any atom is 0.118 e. The zero-order chi connectivity index (χ0) is 18.2. The quantitative estimate of drug-likeness (QED) is 0.624. The average Bonchev–Trinajstić information content (AvgIpc) is 2.69. The summed E-state index contributed by atoms with van der Waals surface area (Å²) < 4.78 is 5.23. The van der Waals surface area contributed by atoms with Crippen molar-refractivity contribution in [3.8, 4) is 5.75 Å². The zero-order valence-corrected chi connectivity index (χ0v) is 15.3. The van der Waals surface area contributed by atoms with E-state index in [1.165, 1.54) is 11.1 Å². The van der Waals surface area contributed by atoms with Crippen LogP contribution in [-0.4, -0.2) is 33.5 Å². The van der Waals surface area contributed by atoms with Crippen LogP contribution in [0.2, 0.25) is 0 Å². The number of hydrogen-bond acceptors (Lipinski definition) is 5. The van der Waals surface area contributed by atoms with Gasteiger partial charge in [0, 0.05) is 44.4 Å². The van der Waals surface area contributed by atoms with Crippen LogP contribution in [0, 0.1) is 6.92 Å². The molecule has 0 unspecified atom stereocenters. The molecule has 3 aromatic rings. The van der Waals surface area contributed by atoms with Gasteiger partial charge in [0.1, 0.15) is 5.75 Å². The fourth-order valence-electron chi connectivity index (χ4n) is 2.77. The van der Waals surface area contributed by atoms with Crippen LogP contribution in [-0.2, 0) is 19.5 Å². The van der Waals surface area contributed by atoms with E-state index >= 15 is 0 Å². The van der Waals surface area contributed by atoms with E-state index in [1.807, 2.05) is 43.7 Å². The molecule has 3 rings (SSSR count). The van der Waals surface area contributed by atoms with E-state index in [1.54, 1.807) is 13.3 Å². The summed E-state index contributed by atoms with van der Waals surface area (Å²) in [7, 11) is 1.69. The number of benzene rings is 1. The number of aromatic nitrogens is 3. The predicted octanol–water partition coefficient (Wildman–Crippen LogP) is 3.43. The summed E-state index contributed by atoms with van der Waals surface area (Å²) in [6.07, 6.45) is 8.36. The summed E-state index contributed by atoms with van der Waals surface area (Å²) >= 11 is 0. The molecule has 5 nitrogen and oxygen atoms in total. The molecule has 1 aromatic carbocycles. The Hall–Kier alpha value is -2.79. The Morgan fingerprint density at radius 3 is 2.42 bits per heavy atom. The van der Waals surface area contributed by atoms with Crippen LogP contribution in [0.4, 0.5) is 0 Å². The molecule has 2 heterocycles. The number of rotatable bonds is 8. The van der Waals surface area contributed by atoms with Crippen molar-refractivity contribution in [3.63, 3.8) is 0 Å². The van der Waals surface area contributed by atoms with E-state index in [9.17, 15) is 0 Å². The van der Waals surface area contributed by atoms with Crippen molar-refractivity contribution < 1.29 is 4.74 Å². The first-order chi connectivity index (χ1) is 12.7. The average molecular weight is 348 g/mol. The first-order valence-electron chi connectivity index (χ1n) is 8.74. The molecule has 0 saturated carbocycles. The molecule has 0 bridgehead atoms. The molecule has 2 aromatic heterocycles. The molecule has 0 aliphatic heterocycles. The summed E-state index contributed by atoms with van der Waals surface area (Å²) in [5.74, 6) is 0.885. The highest BCUT2D eigenvalue weighted by Crippen LogP contribution is 2.14. The number of methoxy groups -OCH3 is 1. The second kappa shape index (κ2) is 9.06. The van der Waals surface area contributed by atoms with Gasteiger partial charge in [-0.2, -0.15) is 0 Å². The van der Waals surface area contributed by atoms with Crippen molar-refractivity contribution in [1.82, 2.24) is 19.9 Å². The van der Waals surface area contributed by atoms with Crippen LogP contribution in [0.15, 0.2) is 61.2 Å². The van der Waals surface area contributed by atoms with Gasteiger partial charge in [-0.15, -0.1) is 0 Å². The molecule has 0 amide bonds. The SMILES string of the molecule is COc1ccc(CCN(Cc2cccnc2)Cc2cnc(C)cn2)cc1. The van der Waals surface area contributed by atoms with Gasteiger partial charge < -0.3 is 4.74 Å². The van der Waals surface area contributed by atoms with Crippen molar-refractivity contribution in [3.05, 3.63) is 83.7 Å². The van der Waals surface area contributed by atoms with Gasteiger partial charge in [0.15, 0.2) is 0 Å². The lowest BCUT2D eigenvalue weighted by Gasteiger charge is -2.22. The molecule has 0 saturated heterocycles. The molecule has 0 radical (unpaired) electrons. The molecule has 0 aliphatic rings. The van der Waals surface area contributed by atoms with Crippen molar-refractivity contribution in [2.45, 2.75) is 26.4 Å². The number of ether oxygens (including phenoxy) is 1. The summed E-state index contributed by atoms with van der Waals surface area (Å²) in [5, 5.41) is 0. The van der Waals surface area contributed by atoms with Gasteiger partial charge in [0.2, 0.25) is 0 Å². The summed E-state index contributed by atoms with van der Waals surface area (Å²) in [5.41, 5.74) is 4.40. The lowest BCUT2D eigenvalue weighted by molar-refractivity contribution is 0.256. The largest absolute Gasteiger partial charge is 0.497 e. The van der Waals surface area contributed by atoms with Crippen molar-refractivity contribution >= 4 is 0 Å². The minimum absolute atomic E-state index is 0.762. The molecular weight excluding hydrogens is 324 g/mol. The second-order valence-electron chi connectivity index (χ2n) is 6.32. The highest BCUT2D eigenvalue weighted by atomic mass is 16.5. The van der Waals surface area contributed by atoms with E-state index < -0.39 is 0 Å². The fourth-order valence-corrected chi connectivity index (χ4v) is 2.77. The number of hydrogen-bond donors (Lipinski definition) is 0. The van der Waals surface area contributed by atoms with Crippen LogP contribution in [0.5, 0.6) is 5.75 Å². The Labute approximate surface area is 154 Å². The van der Waals surface area contributed by atoms with E-state index in [4.69, 9.17) is 4.74 Å². The molecule has 0 atom stereocenters. The minimum atomic E-state index is 0.762. The number of aryl methyl sites for hydroxylation is 1. The highest BCUT2D eigenvalue weighted by Gasteiger charge is 2.09. The summed E-state index contributed by atoms with van der Waals surface area (Å²) in [6.45, 7) is 4.47. The molecule has 5 heteroatoms. The topological polar surface area (TPSA) is 51.1 Å². The maximum absolute atomic E-state index is 5.23. The van der Waals surface area contributed by atoms with Crippen molar-refractivity contribution in [2.75, 3.05) is 13.7 Å². The van der Waals surface area contributed by atoms with Crippen LogP contribution in [0.1, 0.15) is 22.5 Å². The molecule has 0 spiro atoms. The van der Waals surface area contributed by atoms with Gasteiger partial charge in [-0.05, 0) is 42.7 Å². The third kappa shape index (κ3) is 5.36. The Morgan fingerprint density at radius 2 is 1.77 bits per heavy atom. The monoisotopic (exact) mass is 348 g/mol. The molecule has 0 aliphatic carbocycles. The lowest BCUT2D eigenvalue weighted by atomic mass is 10.1. The lowest BCUT2D eigenvalue weighted by Crippen LogP contribution is -2.26. The van der Waals surface area contributed by atoms with Gasteiger partial charge in [-0.25, -0.2) is 0 Å². The molecular formula is C21H24N4O. The highest BCUT2D eigenvalue weighted by molar-refractivity contribution is 5.27. The van der Waals surface area contributed by atoms with Crippen LogP contribution >= 0.6 is 0 Å². The first kappa shape index (κ1) is 18.0. The van der Waals surface area contributed by atoms with Crippen LogP contribution < -0.4 is 4.74 Å². The second-order valence-corrected chi connectivity index (χ2v) is 6.32. The Bertz CT molecular complexity index is 789. The predicted molar refractivity (Wildman–Crippen MR) is 102 cm³/mol. The Morgan fingerprint density at radius 1 is 0.923 bits per heavy atom. The maximum atomic E-state index is 5.23. The Kier molecular flexibility index (Phi) is 6.28. The van der Waals surface area contributed by atoms with E-state index in [0.29, 0.717) is 0 Å². The molecule has 0 fully saturated rings. The third-order valence-electron chi connectivity index (χ3n) is 4.22. The van der Waals surface area contributed by atoms with Crippen molar-refractivity contribution in [1.29, 1.82) is 0 Å². The van der Waals surface area contributed by atoms with Gasteiger partial charge >= 0.3 is 0 Å². The minimum Gasteiger partial charge on any atom is -0.497 e. The normalized spacial score (nSPS) is 10.9. The molecule has 0 N–H and O–H groups in total. The smallest absolute Gasteiger partial charge is 0.118 e. The van der Waals surface area contributed by atoms with Gasteiger partial charge in [-0.3, -0.25) is 19.9 Å². The van der Waals surface area contributed by atoms with Gasteiger partial charge in [0.25, 0.3) is 0 Å². The van der Waals surface area contributed by atoms with Crippen LogP contribution in [0.3, 0.4) is 0 Å². The van der Waals surface area contributed by atoms with E-state index in [0.717, 1.165) is 43.2 Å². The third-order valence-corrected chi connectivity index (χ3v) is 4.22. The standard InChI is InChI=1S/C21H24N4O/c1-17-12-24-20(14-23-17)16-25(15-19-4-3-10-22-13-19)11-9-18-5-7-21(26-2)8-6-18/h3-8,10,12-14H,9,11,15-16H2,1-2H3. The van der Waals surface area contributed by atoms with E-state index in [-0.39, 0.29) is 0 Å². The van der Waals surface area contributed by atoms with Crippen molar-refractivity contribution in [2.24, 2.45) is 0 Å². The Balaban J connectivity index is 1.67. The van der Waals surface area contributed by atoms with E-state index in [2.05, 4.69) is 38.1 Å². The number of nitrogens with zero attached hydrogens (tertiary/aromatic N) is 4. The van der Waals surface area contributed by atoms with Gasteiger partial charge in [-0.1, -0.05) is 18.2 Å². The van der Waals surface area contributed by atoms with Gasteiger partial charge in [0.05, 0.1) is 18.5 Å².